The highest BCUT2D eigenvalue weighted by atomic mass is 16.3. The first kappa shape index (κ1) is 11.4. The second kappa shape index (κ2) is 5.33. The first-order valence-electron chi connectivity index (χ1n) is 5.53. The summed E-state index contributed by atoms with van der Waals surface area (Å²) in [6.07, 6.45) is 7.39. The molecule has 0 saturated carbocycles. The van der Waals surface area contributed by atoms with Gasteiger partial charge in [-0.25, -0.2) is 0 Å². The largest absolute Gasteiger partial charge is 0.388 e. The Morgan fingerprint density at radius 1 is 1.35 bits per heavy atom. The molecule has 0 spiro atoms. The van der Waals surface area contributed by atoms with E-state index in [1.165, 1.54) is 0 Å². The highest BCUT2D eigenvalue weighted by Gasteiger charge is 2.14. The molecule has 0 bridgehead atoms. The number of H-pyrrole nitrogens is 1. The lowest BCUT2D eigenvalue weighted by atomic mass is 10.0. The molecule has 0 aliphatic rings. The standard InChI is InChI=1S/C14H14N2O/c1-2-3-9-13(17)12-10-15-16-14(12)11-7-5-4-6-8-11/h1,4-8,10,13,17H,3,9H2,(H,15,16). The van der Waals surface area contributed by atoms with Crippen LogP contribution in [0.25, 0.3) is 11.3 Å². The number of aliphatic hydroxyl groups excluding tert-OH is 1. The number of benzene rings is 1. The van der Waals surface area contributed by atoms with Crippen LogP contribution >= 0.6 is 0 Å². The number of aromatic nitrogens is 2. The normalized spacial score (nSPS) is 12.0. The summed E-state index contributed by atoms with van der Waals surface area (Å²) in [5, 5.41) is 16.9. The molecule has 3 nitrogen and oxygen atoms in total. The molecule has 2 N–H and O–H groups in total. The molecule has 0 fully saturated rings. The van der Waals surface area contributed by atoms with Crippen LogP contribution in [-0.4, -0.2) is 15.3 Å². The van der Waals surface area contributed by atoms with Crippen molar-refractivity contribution in [2.75, 3.05) is 0 Å². The molecule has 0 aliphatic carbocycles. The Morgan fingerprint density at radius 3 is 2.82 bits per heavy atom. The zero-order valence-corrected chi connectivity index (χ0v) is 9.43. The maximum absolute atomic E-state index is 10.0. The van der Waals surface area contributed by atoms with Gasteiger partial charge in [-0.3, -0.25) is 5.10 Å². The number of hydrogen-bond acceptors (Lipinski definition) is 2. The Balaban J connectivity index is 2.26. The molecule has 0 aliphatic heterocycles. The van der Waals surface area contributed by atoms with E-state index in [-0.39, 0.29) is 0 Å². The van der Waals surface area contributed by atoms with Crippen molar-refractivity contribution < 1.29 is 5.11 Å². The summed E-state index contributed by atoms with van der Waals surface area (Å²) in [6, 6.07) is 9.81. The van der Waals surface area contributed by atoms with Crippen molar-refractivity contribution in [3.05, 3.63) is 42.1 Å². The summed E-state index contributed by atoms with van der Waals surface area (Å²) in [7, 11) is 0. The molecular formula is C14H14N2O. The van der Waals surface area contributed by atoms with Crippen molar-refractivity contribution in [1.82, 2.24) is 10.2 Å². The molecule has 17 heavy (non-hydrogen) atoms. The first-order valence-corrected chi connectivity index (χ1v) is 5.53. The highest BCUT2D eigenvalue weighted by molar-refractivity contribution is 5.62. The number of rotatable bonds is 4. The molecule has 1 heterocycles. The molecular weight excluding hydrogens is 212 g/mol. The van der Waals surface area contributed by atoms with Crippen molar-refractivity contribution in [2.24, 2.45) is 0 Å². The van der Waals surface area contributed by atoms with E-state index < -0.39 is 6.10 Å². The van der Waals surface area contributed by atoms with Crippen molar-refractivity contribution in [2.45, 2.75) is 18.9 Å². The molecule has 3 heteroatoms. The summed E-state index contributed by atoms with van der Waals surface area (Å²) in [5.74, 6) is 2.53. The molecule has 86 valence electrons. The summed E-state index contributed by atoms with van der Waals surface area (Å²) >= 11 is 0. The maximum atomic E-state index is 10.0. The predicted molar refractivity (Wildman–Crippen MR) is 67.1 cm³/mol. The Bertz CT molecular complexity index is 511. The average molecular weight is 226 g/mol. The summed E-state index contributed by atoms with van der Waals surface area (Å²) in [4.78, 5) is 0. The van der Waals surface area contributed by atoms with Gasteiger partial charge in [-0.05, 0) is 12.0 Å². The second-order valence-corrected chi connectivity index (χ2v) is 3.82. The Kier molecular flexibility index (Phi) is 3.59. The summed E-state index contributed by atoms with van der Waals surface area (Å²) in [6.45, 7) is 0. The lowest BCUT2D eigenvalue weighted by molar-refractivity contribution is 0.170. The topological polar surface area (TPSA) is 48.9 Å². The van der Waals surface area contributed by atoms with Crippen LogP contribution in [-0.2, 0) is 0 Å². The quantitative estimate of drug-likeness (QED) is 0.787. The Labute approximate surface area is 101 Å². The molecule has 1 atom stereocenters. The fourth-order valence-corrected chi connectivity index (χ4v) is 1.76. The number of hydrogen-bond donors (Lipinski definition) is 2. The lowest BCUT2D eigenvalue weighted by Crippen LogP contribution is -1.97. The van der Waals surface area contributed by atoms with Crippen LogP contribution in [0.4, 0.5) is 0 Å². The van der Waals surface area contributed by atoms with Crippen molar-refractivity contribution in [1.29, 1.82) is 0 Å². The number of aromatic amines is 1. The Hall–Kier alpha value is -2.05. The second-order valence-electron chi connectivity index (χ2n) is 3.82. The zero-order valence-electron chi connectivity index (χ0n) is 9.43. The van der Waals surface area contributed by atoms with E-state index in [2.05, 4.69) is 16.1 Å². The molecule has 2 aromatic rings. The van der Waals surface area contributed by atoms with Gasteiger partial charge in [-0.2, -0.15) is 5.10 Å². The van der Waals surface area contributed by atoms with E-state index >= 15 is 0 Å². The first-order chi connectivity index (χ1) is 8.33. The third-order valence-corrected chi connectivity index (χ3v) is 2.65. The van der Waals surface area contributed by atoms with Crippen LogP contribution in [0.1, 0.15) is 24.5 Å². The minimum absolute atomic E-state index is 0.551. The van der Waals surface area contributed by atoms with Crippen LogP contribution in [0, 0.1) is 12.3 Å². The van der Waals surface area contributed by atoms with Gasteiger partial charge >= 0.3 is 0 Å². The fraction of sp³-hybridized carbons (Fsp3) is 0.214. The molecule has 1 aromatic heterocycles. The van der Waals surface area contributed by atoms with Gasteiger partial charge in [0, 0.05) is 12.0 Å². The van der Waals surface area contributed by atoms with Gasteiger partial charge in [0.05, 0.1) is 18.0 Å². The van der Waals surface area contributed by atoms with E-state index in [1.54, 1.807) is 6.20 Å². The van der Waals surface area contributed by atoms with Crippen LogP contribution in [0.2, 0.25) is 0 Å². The van der Waals surface area contributed by atoms with Crippen LogP contribution in [0.3, 0.4) is 0 Å². The third-order valence-electron chi connectivity index (χ3n) is 2.65. The van der Waals surface area contributed by atoms with Gasteiger partial charge in [0.2, 0.25) is 0 Å². The summed E-state index contributed by atoms with van der Waals surface area (Å²) in [5.41, 5.74) is 2.67. The zero-order chi connectivity index (χ0) is 12.1. The average Bonchev–Trinajstić information content (AvgIpc) is 2.86. The van der Waals surface area contributed by atoms with Gasteiger partial charge in [-0.15, -0.1) is 12.3 Å². The molecule has 1 aromatic carbocycles. The monoisotopic (exact) mass is 226 g/mol. The number of nitrogens with one attached hydrogen (secondary N) is 1. The minimum atomic E-state index is -0.569. The highest BCUT2D eigenvalue weighted by Crippen LogP contribution is 2.27. The number of aliphatic hydroxyl groups is 1. The molecule has 0 amide bonds. The van der Waals surface area contributed by atoms with Gasteiger partial charge < -0.3 is 5.11 Å². The van der Waals surface area contributed by atoms with Crippen molar-refractivity contribution in [3.8, 4) is 23.6 Å². The Morgan fingerprint density at radius 2 is 2.12 bits per heavy atom. The summed E-state index contributed by atoms with van der Waals surface area (Å²) < 4.78 is 0. The van der Waals surface area contributed by atoms with E-state index in [1.807, 2.05) is 30.3 Å². The van der Waals surface area contributed by atoms with Gasteiger partial charge in [0.25, 0.3) is 0 Å². The van der Waals surface area contributed by atoms with Crippen LogP contribution in [0.5, 0.6) is 0 Å². The van der Waals surface area contributed by atoms with E-state index in [9.17, 15) is 5.11 Å². The fourth-order valence-electron chi connectivity index (χ4n) is 1.76. The van der Waals surface area contributed by atoms with Crippen LogP contribution in [0.15, 0.2) is 36.5 Å². The minimum Gasteiger partial charge on any atom is -0.388 e. The smallest absolute Gasteiger partial charge is 0.0835 e. The molecule has 0 saturated heterocycles. The van der Waals surface area contributed by atoms with Gasteiger partial charge in [0.1, 0.15) is 0 Å². The van der Waals surface area contributed by atoms with Crippen molar-refractivity contribution in [3.63, 3.8) is 0 Å². The molecule has 1 unspecified atom stereocenters. The van der Waals surface area contributed by atoms with Gasteiger partial charge in [-0.1, -0.05) is 30.3 Å². The lowest BCUT2D eigenvalue weighted by Gasteiger charge is -2.09. The molecule has 0 radical (unpaired) electrons. The van der Waals surface area contributed by atoms with E-state index in [4.69, 9.17) is 6.42 Å². The van der Waals surface area contributed by atoms with Crippen molar-refractivity contribution >= 4 is 0 Å². The van der Waals surface area contributed by atoms with Gasteiger partial charge in [0.15, 0.2) is 0 Å². The van der Waals surface area contributed by atoms with Crippen LogP contribution < -0.4 is 0 Å². The third kappa shape index (κ3) is 2.55. The van der Waals surface area contributed by atoms with E-state index in [0.29, 0.717) is 12.8 Å². The van der Waals surface area contributed by atoms with E-state index in [0.717, 1.165) is 16.8 Å². The SMILES string of the molecule is C#CCCC(O)c1cn[nH]c1-c1ccccc1. The maximum Gasteiger partial charge on any atom is 0.0835 e. The number of nitrogens with zero attached hydrogens (tertiary/aromatic N) is 1. The number of terminal acetylenes is 1. The molecule has 2 rings (SSSR count). The predicted octanol–water partition coefficient (Wildman–Crippen LogP) is 2.52.